The van der Waals surface area contributed by atoms with Gasteiger partial charge in [0.1, 0.15) is 5.75 Å². The molecule has 0 saturated carbocycles. The number of hydrogen-bond acceptors (Lipinski definition) is 3. The topological polar surface area (TPSA) is 53.6 Å². The highest BCUT2D eigenvalue weighted by molar-refractivity contribution is 5.74. The number of fused-ring (bicyclic) bond motifs is 1. The fourth-order valence-corrected chi connectivity index (χ4v) is 3.54. The van der Waals surface area contributed by atoms with Crippen LogP contribution in [0.15, 0.2) is 24.3 Å². The molecular weight excluding hydrogens is 290 g/mol. The van der Waals surface area contributed by atoms with E-state index in [1.165, 1.54) is 19.4 Å². The van der Waals surface area contributed by atoms with Crippen LogP contribution in [0.25, 0.3) is 0 Å². The molecule has 1 aromatic carbocycles. The highest BCUT2D eigenvalue weighted by Gasteiger charge is 2.24. The summed E-state index contributed by atoms with van der Waals surface area (Å²) < 4.78 is 5.63. The first-order valence-electron chi connectivity index (χ1n) is 8.74. The molecular formula is C18H27N3O2. The third-order valence-corrected chi connectivity index (χ3v) is 4.72. The number of likely N-dealkylation sites (tertiary alicyclic amines) is 1. The van der Waals surface area contributed by atoms with Gasteiger partial charge >= 0.3 is 6.03 Å². The van der Waals surface area contributed by atoms with E-state index in [2.05, 4.69) is 22.5 Å². The lowest BCUT2D eigenvalue weighted by Crippen LogP contribution is -2.41. The Balaban J connectivity index is 1.46. The number of amides is 2. The third-order valence-electron chi connectivity index (χ3n) is 4.72. The Morgan fingerprint density at radius 3 is 3.09 bits per heavy atom. The van der Waals surface area contributed by atoms with Gasteiger partial charge in [0.25, 0.3) is 0 Å². The summed E-state index contributed by atoms with van der Waals surface area (Å²) in [6.07, 6.45) is 3.20. The monoisotopic (exact) mass is 317 g/mol. The quantitative estimate of drug-likeness (QED) is 0.877. The zero-order valence-electron chi connectivity index (χ0n) is 13.9. The summed E-state index contributed by atoms with van der Waals surface area (Å²) in [5.41, 5.74) is 1.07. The predicted octanol–water partition coefficient (Wildman–Crippen LogP) is 2.54. The zero-order chi connectivity index (χ0) is 16.1. The number of benzene rings is 1. The molecule has 5 heteroatoms. The molecule has 1 saturated heterocycles. The van der Waals surface area contributed by atoms with Crippen molar-refractivity contribution in [3.63, 3.8) is 0 Å². The Hall–Kier alpha value is -1.75. The minimum Gasteiger partial charge on any atom is -0.493 e. The van der Waals surface area contributed by atoms with Crippen LogP contribution in [0.3, 0.4) is 0 Å². The summed E-state index contributed by atoms with van der Waals surface area (Å²) in [5.74, 6) is 1.46. The van der Waals surface area contributed by atoms with E-state index >= 15 is 0 Å². The van der Waals surface area contributed by atoms with Gasteiger partial charge in [-0.25, -0.2) is 4.79 Å². The van der Waals surface area contributed by atoms with Crippen LogP contribution in [0.4, 0.5) is 4.79 Å². The second-order valence-electron chi connectivity index (χ2n) is 6.54. The minimum absolute atomic E-state index is 0.0418. The Labute approximate surface area is 138 Å². The van der Waals surface area contributed by atoms with Crippen molar-refractivity contribution in [3.05, 3.63) is 29.8 Å². The van der Waals surface area contributed by atoms with E-state index in [4.69, 9.17) is 4.74 Å². The Bertz CT molecular complexity index is 535. The van der Waals surface area contributed by atoms with Gasteiger partial charge in [-0.2, -0.15) is 0 Å². The van der Waals surface area contributed by atoms with E-state index in [9.17, 15) is 4.79 Å². The van der Waals surface area contributed by atoms with E-state index in [1.807, 2.05) is 24.3 Å². The molecule has 1 aromatic rings. The van der Waals surface area contributed by atoms with Gasteiger partial charge in [0.15, 0.2) is 0 Å². The second kappa shape index (κ2) is 7.68. The maximum absolute atomic E-state index is 12.2. The largest absolute Gasteiger partial charge is 0.493 e. The molecule has 2 heterocycles. The van der Waals surface area contributed by atoms with Crippen molar-refractivity contribution < 1.29 is 9.53 Å². The van der Waals surface area contributed by atoms with E-state index in [0.29, 0.717) is 12.5 Å². The molecule has 3 rings (SSSR count). The van der Waals surface area contributed by atoms with E-state index in [-0.39, 0.29) is 12.1 Å². The number of nitrogens with zero attached hydrogens (tertiary/aromatic N) is 1. The normalized spacial score (nSPS) is 23.9. The van der Waals surface area contributed by atoms with Crippen LogP contribution in [0.2, 0.25) is 0 Å². The standard InChI is InChI=1S/C18H27N3O2/c1-2-9-21-10-7-14(13-21)12-19-18(22)20-16-8-11-23-17-6-4-3-5-15(16)17/h3-6,14,16H,2,7-13H2,1H3,(H2,19,20,22)/t14-,16-/m1/s1. The van der Waals surface area contributed by atoms with Gasteiger partial charge in [-0.05, 0) is 37.9 Å². The molecule has 2 amide bonds. The maximum atomic E-state index is 12.2. The molecule has 5 nitrogen and oxygen atoms in total. The number of rotatable bonds is 5. The van der Waals surface area contributed by atoms with Crippen LogP contribution in [0.5, 0.6) is 5.75 Å². The molecule has 0 bridgehead atoms. The average molecular weight is 317 g/mol. The second-order valence-corrected chi connectivity index (χ2v) is 6.54. The van der Waals surface area contributed by atoms with Crippen molar-refractivity contribution >= 4 is 6.03 Å². The van der Waals surface area contributed by atoms with Crippen molar-refractivity contribution in [3.8, 4) is 5.75 Å². The molecule has 2 aliphatic rings. The summed E-state index contributed by atoms with van der Waals surface area (Å²) in [6.45, 7) is 7.06. The van der Waals surface area contributed by atoms with E-state index in [1.54, 1.807) is 0 Å². The lowest BCUT2D eigenvalue weighted by atomic mass is 10.0. The molecule has 23 heavy (non-hydrogen) atoms. The number of carbonyl (C=O) groups excluding carboxylic acids is 1. The van der Waals surface area contributed by atoms with Crippen molar-refractivity contribution in [2.45, 2.75) is 32.2 Å². The predicted molar refractivity (Wildman–Crippen MR) is 90.7 cm³/mol. The van der Waals surface area contributed by atoms with Crippen LogP contribution < -0.4 is 15.4 Å². The van der Waals surface area contributed by atoms with Gasteiger partial charge in [-0.15, -0.1) is 0 Å². The number of para-hydroxylation sites is 1. The third kappa shape index (κ3) is 4.16. The first-order chi connectivity index (χ1) is 11.3. The summed E-state index contributed by atoms with van der Waals surface area (Å²) in [4.78, 5) is 14.7. The van der Waals surface area contributed by atoms with Crippen LogP contribution in [0, 0.1) is 5.92 Å². The molecule has 0 aromatic heterocycles. The first kappa shape index (κ1) is 16.1. The number of nitrogens with one attached hydrogen (secondary N) is 2. The van der Waals surface area contributed by atoms with Crippen molar-refractivity contribution in [1.29, 1.82) is 0 Å². The number of ether oxygens (including phenoxy) is 1. The van der Waals surface area contributed by atoms with Crippen LogP contribution in [0.1, 0.15) is 37.8 Å². The van der Waals surface area contributed by atoms with Gasteiger partial charge in [0.05, 0.1) is 12.6 Å². The Kier molecular flexibility index (Phi) is 5.39. The van der Waals surface area contributed by atoms with Gasteiger partial charge in [-0.3, -0.25) is 0 Å². The number of carbonyl (C=O) groups is 1. The number of hydrogen-bond donors (Lipinski definition) is 2. The van der Waals surface area contributed by atoms with Gasteiger partial charge in [0.2, 0.25) is 0 Å². The number of urea groups is 1. The van der Waals surface area contributed by atoms with Crippen LogP contribution in [-0.4, -0.2) is 43.7 Å². The SMILES string of the molecule is CCCN1CC[C@H](CNC(=O)N[C@@H]2CCOc3ccccc32)C1. The van der Waals surface area contributed by atoms with Crippen molar-refractivity contribution in [2.75, 3.05) is 32.8 Å². The molecule has 1 fully saturated rings. The van der Waals surface area contributed by atoms with Crippen molar-refractivity contribution in [1.82, 2.24) is 15.5 Å². The fourth-order valence-electron chi connectivity index (χ4n) is 3.54. The Morgan fingerprint density at radius 2 is 2.22 bits per heavy atom. The molecule has 2 aliphatic heterocycles. The van der Waals surface area contributed by atoms with E-state index < -0.39 is 0 Å². The molecule has 2 N–H and O–H groups in total. The summed E-state index contributed by atoms with van der Waals surface area (Å²) in [6, 6.07) is 7.91. The van der Waals surface area contributed by atoms with Gasteiger partial charge < -0.3 is 20.3 Å². The highest BCUT2D eigenvalue weighted by Crippen LogP contribution is 2.31. The van der Waals surface area contributed by atoms with E-state index in [0.717, 1.165) is 37.4 Å². The minimum atomic E-state index is -0.0688. The fraction of sp³-hybridized carbons (Fsp3) is 0.611. The molecule has 0 spiro atoms. The smallest absolute Gasteiger partial charge is 0.315 e. The average Bonchev–Trinajstić information content (AvgIpc) is 3.01. The van der Waals surface area contributed by atoms with Gasteiger partial charge in [0, 0.05) is 25.1 Å². The molecule has 2 atom stereocenters. The highest BCUT2D eigenvalue weighted by atomic mass is 16.5. The molecule has 0 aliphatic carbocycles. The molecule has 126 valence electrons. The Morgan fingerprint density at radius 1 is 1.35 bits per heavy atom. The lowest BCUT2D eigenvalue weighted by Gasteiger charge is -2.26. The summed E-state index contributed by atoms with van der Waals surface area (Å²) >= 11 is 0. The van der Waals surface area contributed by atoms with Gasteiger partial charge in [-0.1, -0.05) is 25.1 Å². The zero-order valence-corrected chi connectivity index (χ0v) is 13.9. The maximum Gasteiger partial charge on any atom is 0.315 e. The van der Waals surface area contributed by atoms with Crippen LogP contribution in [-0.2, 0) is 0 Å². The molecule has 0 radical (unpaired) electrons. The summed E-state index contributed by atoms with van der Waals surface area (Å²) in [5, 5.41) is 6.14. The van der Waals surface area contributed by atoms with Crippen molar-refractivity contribution in [2.24, 2.45) is 5.92 Å². The molecule has 0 unspecified atom stereocenters. The van der Waals surface area contributed by atoms with Crippen LogP contribution >= 0.6 is 0 Å². The lowest BCUT2D eigenvalue weighted by molar-refractivity contribution is 0.221. The summed E-state index contributed by atoms with van der Waals surface area (Å²) in [7, 11) is 0. The first-order valence-corrected chi connectivity index (χ1v) is 8.74.